The molecule has 1 aromatic rings. The first-order valence-corrected chi connectivity index (χ1v) is 5.01. The first-order valence-electron chi connectivity index (χ1n) is 5.01. The highest BCUT2D eigenvalue weighted by Crippen LogP contribution is 2.39. The molecule has 0 aromatic carbocycles. The number of rotatable bonds is 2. The zero-order chi connectivity index (χ0) is 10.4. The average molecular weight is 205 g/mol. The number of aromatic nitrogens is 2. The summed E-state index contributed by atoms with van der Waals surface area (Å²) in [6.45, 7) is 0. The number of carbonyl (C=O) groups excluding carboxylic acids is 1. The van der Waals surface area contributed by atoms with E-state index in [9.17, 15) is 4.79 Å². The van der Waals surface area contributed by atoms with Gasteiger partial charge >= 0.3 is 0 Å². The lowest BCUT2D eigenvalue weighted by molar-refractivity contribution is -0.117. The van der Waals surface area contributed by atoms with E-state index in [0.29, 0.717) is 18.3 Å². The third kappa shape index (κ3) is 1.19. The van der Waals surface area contributed by atoms with Gasteiger partial charge in [-0.2, -0.15) is 0 Å². The van der Waals surface area contributed by atoms with E-state index in [1.54, 1.807) is 12.0 Å². The van der Waals surface area contributed by atoms with Gasteiger partial charge in [0.15, 0.2) is 0 Å². The Hall–Kier alpha value is -1.65. The summed E-state index contributed by atoms with van der Waals surface area (Å²) in [6, 6.07) is 0.360. The lowest BCUT2D eigenvalue weighted by Gasteiger charge is -2.14. The van der Waals surface area contributed by atoms with E-state index in [4.69, 9.17) is 4.74 Å². The van der Waals surface area contributed by atoms with Crippen LogP contribution in [0.5, 0.6) is 5.88 Å². The fraction of sp³-hybridized carbons (Fsp3) is 0.500. The van der Waals surface area contributed by atoms with Crippen LogP contribution in [-0.4, -0.2) is 29.0 Å². The number of hydrogen-bond donors (Lipinski definition) is 0. The number of ether oxygens (including phenoxy) is 1. The van der Waals surface area contributed by atoms with Crippen molar-refractivity contribution in [3.63, 3.8) is 0 Å². The van der Waals surface area contributed by atoms with Gasteiger partial charge in [-0.25, -0.2) is 9.97 Å². The Morgan fingerprint density at radius 3 is 2.93 bits per heavy atom. The van der Waals surface area contributed by atoms with Gasteiger partial charge in [-0.3, -0.25) is 9.69 Å². The Balaban J connectivity index is 2.09. The maximum absolute atomic E-state index is 11.8. The maximum atomic E-state index is 11.8. The van der Waals surface area contributed by atoms with Crippen LogP contribution in [-0.2, 0) is 11.2 Å². The molecule has 3 rings (SSSR count). The largest absolute Gasteiger partial charge is 0.481 e. The van der Waals surface area contributed by atoms with Gasteiger partial charge in [0.25, 0.3) is 0 Å². The normalized spacial score (nSPS) is 19.3. The number of nitrogens with zero attached hydrogens (tertiary/aromatic N) is 3. The number of hydrogen-bond acceptors (Lipinski definition) is 4. The van der Waals surface area contributed by atoms with Gasteiger partial charge in [0.2, 0.25) is 11.8 Å². The molecule has 0 unspecified atom stereocenters. The molecule has 5 nitrogen and oxygen atoms in total. The summed E-state index contributed by atoms with van der Waals surface area (Å²) in [6.07, 6.45) is 3.98. The zero-order valence-electron chi connectivity index (χ0n) is 8.43. The molecule has 2 aliphatic rings. The van der Waals surface area contributed by atoms with Crippen molar-refractivity contribution in [2.75, 3.05) is 12.0 Å². The molecular formula is C10H11N3O2. The van der Waals surface area contributed by atoms with Gasteiger partial charge in [-0.05, 0) is 12.8 Å². The molecule has 0 bridgehead atoms. The lowest BCUT2D eigenvalue weighted by atomic mass is 10.2. The second-order valence-corrected chi connectivity index (χ2v) is 3.86. The molecule has 0 saturated heterocycles. The van der Waals surface area contributed by atoms with Crippen molar-refractivity contribution in [1.82, 2.24) is 9.97 Å². The Kier molecular flexibility index (Phi) is 1.68. The summed E-state index contributed by atoms with van der Waals surface area (Å²) >= 11 is 0. The molecule has 1 amide bonds. The zero-order valence-corrected chi connectivity index (χ0v) is 8.43. The number of methoxy groups -OCH3 is 1. The number of anilines is 1. The van der Waals surface area contributed by atoms with Gasteiger partial charge in [-0.1, -0.05) is 0 Å². The van der Waals surface area contributed by atoms with Crippen LogP contribution in [0, 0.1) is 0 Å². The second-order valence-electron chi connectivity index (χ2n) is 3.86. The predicted octanol–water partition coefficient (Wildman–Crippen LogP) is 0.537. The molecule has 1 saturated carbocycles. The predicted molar refractivity (Wildman–Crippen MR) is 52.8 cm³/mol. The van der Waals surface area contributed by atoms with Crippen LogP contribution in [0.2, 0.25) is 0 Å². The van der Waals surface area contributed by atoms with Gasteiger partial charge in [0.1, 0.15) is 12.1 Å². The van der Waals surface area contributed by atoms with Gasteiger partial charge in [0, 0.05) is 6.04 Å². The van der Waals surface area contributed by atoms with Crippen LogP contribution in [0.1, 0.15) is 18.4 Å². The molecule has 1 aliphatic carbocycles. The molecule has 78 valence electrons. The molecule has 2 heterocycles. The Morgan fingerprint density at radius 1 is 1.47 bits per heavy atom. The Bertz CT molecular complexity index is 429. The van der Waals surface area contributed by atoms with Crippen LogP contribution in [0.25, 0.3) is 0 Å². The van der Waals surface area contributed by atoms with Crippen LogP contribution in [0.4, 0.5) is 5.82 Å². The molecule has 15 heavy (non-hydrogen) atoms. The highest BCUT2D eigenvalue weighted by Gasteiger charge is 2.41. The smallest absolute Gasteiger partial charge is 0.233 e. The molecule has 0 N–H and O–H groups in total. The molecule has 1 aromatic heterocycles. The van der Waals surface area contributed by atoms with Crippen molar-refractivity contribution in [2.45, 2.75) is 25.3 Å². The molecule has 0 atom stereocenters. The van der Waals surface area contributed by atoms with E-state index in [-0.39, 0.29) is 5.91 Å². The van der Waals surface area contributed by atoms with Crippen LogP contribution < -0.4 is 9.64 Å². The van der Waals surface area contributed by atoms with Crippen LogP contribution in [0.3, 0.4) is 0 Å². The summed E-state index contributed by atoms with van der Waals surface area (Å²) in [7, 11) is 1.56. The van der Waals surface area contributed by atoms with Crippen molar-refractivity contribution >= 4 is 11.7 Å². The summed E-state index contributed by atoms with van der Waals surface area (Å²) in [5.41, 5.74) is 0.830. The van der Waals surface area contributed by atoms with E-state index in [2.05, 4.69) is 9.97 Å². The Labute approximate surface area is 87.1 Å². The molecular weight excluding hydrogens is 194 g/mol. The highest BCUT2D eigenvalue weighted by atomic mass is 16.5. The van der Waals surface area contributed by atoms with E-state index >= 15 is 0 Å². The van der Waals surface area contributed by atoms with E-state index in [1.165, 1.54) is 6.33 Å². The highest BCUT2D eigenvalue weighted by molar-refractivity contribution is 6.01. The topological polar surface area (TPSA) is 55.3 Å². The van der Waals surface area contributed by atoms with Crippen molar-refractivity contribution in [3.05, 3.63) is 11.9 Å². The minimum absolute atomic E-state index is 0.117. The maximum Gasteiger partial charge on any atom is 0.233 e. The SMILES string of the molecule is COc1ncnc2c1CC(=O)N2C1CC1. The molecule has 1 fully saturated rings. The quantitative estimate of drug-likeness (QED) is 0.707. The summed E-state index contributed by atoms with van der Waals surface area (Å²) in [5, 5.41) is 0. The number of fused-ring (bicyclic) bond motifs is 1. The van der Waals surface area contributed by atoms with Crippen LogP contribution in [0.15, 0.2) is 6.33 Å². The van der Waals surface area contributed by atoms with Crippen molar-refractivity contribution in [1.29, 1.82) is 0 Å². The van der Waals surface area contributed by atoms with E-state index in [0.717, 1.165) is 24.2 Å². The molecule has 0 radical (unpaired) electrons. The Morgan fingerprint density at radius 2 is 2.27 bits per heavy atom. The molecule has 0 spiro atoms. The lowest BCUT2D eigenvalue weighted by Crippen LogP contribution is -2.29. The summed E-state index contributed by atoms with van der Waals surface area (Å²) < 4.78 is 5.12. The number of amides is 1. The van der Waals surface area contributed by atoms with Crippen molar-refractivity contribution < 1.29 is 9.53 Å². The minimum Gasteiger partial charge on any atom is -0.481 e. The molecule has 1 aliphatic heterocycles. The first-order chi connectivity index (χ1) is 7.31. The fourth-order valence-corrected chi connectivity index (χ4v) is 1.99. The average Bonchev–Trinajstić information content (AvgIpc) is 3.00. The van der Waals surface area contributed by atoms with E-state index in [1.807, 2.05) is 0 Å². The minimum atomic E-state index is 0.117. The monoisotopic (exact) mass is 205 g/mol. The van der Waals surface area contributed by atoms with Gasteiger partial charge in [-0.15, -0.1) is 0 Å². The van der Waals surface area contributed by atoms with Crippen LogP contribution >= 0.6 is 0 Å². The summed E-state index contributed by atoms with van der Waals surface area (Å²) in [5.74, 6) is 1.39. The number of carbonyl (C=O) groups is 1. The first kappa shape index (κ1) is 8.64. The van der Waals surface area contributed by atoms with Gasteiger partial charge in [0.05, 0.1) is 19.1 Å². The van der Waals surface area contributed by atoms with Crippen molar-refractivity contribution in [2.24, 2.45) is 0 Å². The second kappa shape index (κ2) is 2.92. The fourth-order valence-electron chi connectivity index (χ4n) is 1.99. The van der Waals surface area contributed by atoms with E-state index < -0.39 is 0 Å². The standard InChI is InChI=1S/C10H11N3O2/c1-15-10-7-4-8(14)13(6-2-3-6)9(7)11-5-12-10/h5-6H,2-4H2,1H3. The van der Waals surface area contributed by atoms with Gasteiger partial charge < -0.3 is 4.74 Å². The third-order valence-corrected chi connectivity index (χ3v) is 2.81. The molecule has 5 heteroatoms. The van der Waals surface area contributed by atoms with Crippen molar-refractivity contribution in [3.8, 4) is 5.88 Å². The summed E-state index contributed by atoms with van der Waals surface area (Å²) in [4.78, 5) is 21.8. The third-order valence-electron chi connectivity index (χ3n) is 2.81.